The molecule has 0 unspecified atom stereocenters. The van der Waals surface area contributed by atoms with E-state index in [1.165, 1.54) is 6.92 Å². The average molecular weight is 248 g/mol. The third-order valence-corrected chi connectivity index (χ3v) is 2.44. The largest absolute Gasteiger partial charge is 0.387 e. The summed E-state index contributed by atoms with van der Waals surface area (Å²) in [7, 11) is 0. The van der Waals surface area contributed by atoms with E-state index in [1.807, 2.05) is 0 Å². The highest BCUT2D eigenvalue weighted by Gasteiger charge is 2.47. The van der Waals surface area contributed by atoms with Crippen molar-refractivity contribution < 1.29 is 29.6 Å². The Bertz CT molecular complexity index is 284. The van der Waals surface area contributed by atoms with Crippen LogP contribution in [0.3, 0.4) is 0 Å². The summed E-state index contributed by atoms with van der Waals surface area (Å²) in [5.74, 6) is -0.425. The highest BCUT2D eigenvalue weighted by Crippen LogP contribution is 2.25. The monoisotopic (exact) mass is 248 g/mol. The molecule has 5 atom stereocenters. The van der Waals surface area contributed by atoms with Crippen LogP contribution in [0.25, 0.3) is 0 Å². The second-order valence-corrected chi connectivity index (χ2v) is 5.24. The van der Waals surface area contributed by atoms with Gasteiger partial charge < -0.3 is 24.8 Å². The molecule has 1 rings (SSSR count). The first-order chi connectivity index (χ1) is 7.63. The van der Waals surface area contributed by atoms with Crippen LogP contribution in [0.2, 0.25) is 0 Å². The lowest BCUT2D eigenvalue weighted by molar-refractivity contribution is -0.310. The van der Waals surface area contributed by atoms with E-state index in [0.717, 1.165) is 0 Å². The molecule has 0 aromatic rings. The number of aliphatic hydroxyl groups excluding tert-OH is 3. The molecule has 0 aliphatic carbocycles. The van der Waals surface area contributed by atoms with Crippen LogP contribution in [0.1, 0.15) is 27.7 Å². The van der Waals surface area contributed by atoms with E-state index < -0.39 is 42.1 Å². The Morgan fingerprint density at radius 2 is 1.65 bits per heavy atom. The maximum atomic E-state index is 11.2. The Hall–Kier alpha value is -0.530. The van der Waals surface area contributed by atoms with Crippen LogP contribution in [-0.4, -0.2) is 57.4 Å². The minimum absolute atomic E-state index is 0.425. The van der Waals surface area contributed by atoms with Crippen molar-refractivity contribution in [2.75, 3.05) is 0 Å². The van der Waals surface area contributed by atoms with Crippen molar-refractivity contribution in [3.05, 3.63) is 0 Å². The molecule has 0 radical (unpaired) electrons. The second kappa shape index (κ2) is 4.99. The number of rotatable bonds is 2. The normalized spacial score (nSPS) is 39.1. The molecule has 1 fully saturated rings. The topological polar surface area (TPSA) is 96.2 Å². The lowest BCUT2D eigenvalue weighted by atomic mass is 9.96. The van der Waals surface area contributed by atoms with Crippen LogP contribution in [0.5, 0.6) is 0 Å². The zero-order chi connectivity index (χ0) is 13.4. The van der Waals surface area contributed by atoms with E-state index in [1.54, 1.807) is 20.8 Å². The third kappa shape index (κ3) is 3.46. The molecule has 0 aromatic heterocycles. The van der Waals surface area contributed by atoms with Crippen molar-refractivity contribution in [2.24, 2.45) is 0 Å². The van der Waals surface area contributed by atoms with E-state index in [0.29, 0.717) is 0 Å². The Morgan fingerprint density at radius 1 is 1.12 bits per heavy atom. The van der Waals surface area contributed by atoms with Gasteiger partial charge in [-0.3, -0.25) is 4.79 Å². The van der Waals surface area contributed by atoms with E-state index in [-0.39, 0.29) is 0 Å². The molecule has 0 saturated carbocycles. The number of Topliss-reactive ketones (excluding diaryl/α,β-unsaturated/α-hetero) is 1. The minimum Gasteiger partial charge on any atom is -0.387 e. The second-order valence-electron chi connectivity index (χ2n) is 5.24. The predicted octanol–water partition coefficient (Wildman–Crippen LogP) is -0.802. The van der Waals surface area contributed by atoms with Gasteiger partial charge in [0.05, 0.1) is 5.60 Å². The molecular weight excluding hydrogens is 228 g/mol. The van der Waals surface area contributed by atoms with Crippen LogP contribution in [0.15, 0.2) is 0 Å². The summed E-state index contributed by atoms with van der Waals surface area (Å²) in [5, 5.41) is 28.9. The summed E-state index contributed by atoms with van der Waals surface area (Å²) in [4.78, 5) is 11.2. The summed E-state index contributed by atoms with van der Waals surface area (Å²) < 4.78 is 10.6. The molecule has 0 bridgehead atoms. The third-order valence-electron chi connectivity index (χ3n) is 2.44. The fourth-order valence-electron chi connectivity index (χ4n) is 1.63. The Kier molecular flexibility index (Phi) is 4.27. The van der Waals surface area contributed by atoms with Gasteiger partial charge in [-0.15, -0.1) is 0 Å². The van der Waals surface area contributed by atoms with Gasteiger partial charge in [0, 0.05) is 0 Å². The number of carbonyl (C=O) groups is 1. The summed E-state index contributed by atoms with van der Waals surface area (Å²) in [6.45, 7) is 6.50. The van der Waals surface area contributed by atoms with Crippen LogP contribution in [-0.2, 0) is 14.3 Å². The molecule has 3 N–H and O–H groups in total. The van der Waals surface area contributed by atoms with Crippen molar-refractivity contribution in [1.29, 1.82) is 0 Å². The Labute approximate surface area is 100 Å². The lowest BCUT2D eigenvalue weighted by Crippen LogP contribution is -2.61. The quantitative estimate of drug-likeness (QED) is 0.592. The molecule has 100 valence electrons. The smallest absolute Gasteiger partial charge is 0.187 e. The first-order valence-electron chi connectivity index (χ1n) is 5.51. The zero-order valence-electron chi connectivity index (χ0n) is 10.5. The van der Waals surface area contributed by atoms with Gasteiger partial charge in [-0.05, 0) is 27.7 Å². The lowest BCUT2D eigenvalue weighted by Gasteiger charge is -2.41. The van der Waals surface area contributed by atoms with Gasteiger partial charge in [-0.2, -0.15) is 0 Å². The van der Waals surface area contributed by atoms with E-state index in [2.05, 4.69) is 0 Å². The molecule has 1 saturated heterocycles. The number of ether oxygens (including phenoxy) is 2. The number of hydrogen-bond acceptors (Lipinski definition) is 6. The van der Waals surface area contributed by atoms with Crippen LogP contribution < -0.4 is 0 Å². The number of aliphatic hydroxyl groups is 3. The molecule has 6 heteroatoms. The van der Waals surface area contributed by atoms with Gasteiger partial charge in [0.15, 0.2) is 12.1 Å². The van der Waals surface area contributed by atoms with Crippen molar-refractivity contribution >= 4 is 5.78 Å². The molecule has 0 spiro atoms. The van der Waals surface area contributed by atoms with Gasteiger partial charge in [0.1, 0.15) is 24.4 Å². The first-order valence-corrected chi connectivity index (χ1v) is 5.51. The van der Waals surface area contributed by atoms with E-state index in [4.69, 9.17) is 9.47 Å². The fraction of sp³-hybridized carbons (Fsp3) is 0.909. The fourth-order valence-corrected chi connectivity index (χ4v) is 1.63. The molecule has 1 aliphatic heterocycles. The maximum Gasteiger partial charge on any atom is 0.187 e. The maximum absolute atomic E-state index is 11.2. The molecule has 0 amide bonds. The number of carbonyl (C=O) groups excluding carboxylic acids is 1. The first kappa shape index (κ1) is 14.5. The van der Waals surface area contributed by atoms with Crippen molar-refractivity contribution in [3.8, 4) is 0 Å². The molecule has 6 nitrogen and oxygen atoms in total. The predicted molar refractivity (Wildman–Crippen MR) is 58.2 cm³/mol. The molecule has 1 heterocycles. The van der Waals surface area contributed by atoms with Gasteiger partial charge >= 0.3 is 0 Å². The van der Waals surface area contributed by atoms with E-state index >= 15 is 0 Å². The van der Waals surface area contributed by atoms with Crippen LogP contribution in [0, 0.1) is 0 Å². The molecular formula is C11H20O6. The van der Waals surface area contributed by atoms with Crippen molar-refractivity contribution in [1.82, 2.24) is 0 Å². The van der Waals surface area contributed by atoms with Gasteiger partial charge in [0.25, 0.3) is 0 Å². The summed E-state index contributed by atoms with van der Waals surface area (Å²) >= 11 is 0. The summed E-state index contributed by atoms with van der Waals surface area (Å²) in [5.41, 5.74) is -0.602. The highest BCUT2D eigenvalue weighted by atomic mass is 16.7. The standard InChI is InChI=1S/C11H20O6/c1-5(12)9-7(14)6(13)8(15)10(16-9)17-11(2,3)4/h6-10,13-15H,1-4H3/t6-,7-,8-,9-,10+/m1/s1. The van der Waals surface area contributed by atoms with E-state index in [9.17, 15) is 20.1 Å². The minimum atomic E-state index is -1.47. The van der Waals surface area contributed by atoms with Gasteiger partial charge in [0.2, 0.25) is 0 Å². The molecule has 1 aliphatic rings. The van der Waals surface area contributed by atoms with Gasteiger partial charge in [-0.25, -0.2) is 0 Å². The van der Waals surface area contributed by atoms with Crippen molar-refractivity contribution in [2.45, 2.75) is 64.0 Å². The van der Waals surface area contributed by atoms with Crippen LogP contribution >= 0.6 is 0 Å². The van der Waals surface area contributed by atoms with Crippen molar-refractivity contribution in [3.63, 3.8) is 0 Å². The zero-order valence-corrected chi connectivity index (χ0v) is 10.5. The summed E-state index contributed by atoms with van der Waals surface area (Å²) in [6.07, 6.45) is -6.62. The Morgan fingerprint density at radius 3 is 2.06 bits per heavy atom. The molecule has 0 aromatic carbocycles. The number of hydrogen-bond donors (Lipinski definition) is 3. The SMILES string of the molecule is CC(=O)[C@H]1O[C@@H](OC(C)(C)C)[C@H](O)[C@H](O)[C@H]1O. The number of ketones is 1. The average Bonchev–Trinajstić information content (AvgIpc) is 2.16. The Balaban J connectivity index is 2.82. The highest BCUT2D eigenvalue weighted by molar-refractivity contribution is 5.81. The van der Waals surface area contributed by atoms with Crippen LogP contribution in [0.4, 0.5) is 0 Å². The van der Waals surface area contributed by atoms with Gasteiger partial charge in [-0.1, -0.05) is 0 Å². The summed E-state index contributed by atoms with van der Waals surface area (Å²) in [6, 6.07) is 0. The molecule has 17 heavy (non-hydrogen) atoms.